The van der Waals surface area contributed by atoms with Crippen LogP contribution >= 0.6 is 0 Å². The number of aliphatic hydroxyl groups excluding tert-OH is 1. The lowest BCUT2D eigenvalue weighted by molar-refractivity contribution is 0.0132. The van der Waals surface area contributed by atoms with Crippen LogP contribution in [0.5, 0.6) is 0 Å². The van der Waals surface area contributed by atoms with Crippen LogP contribution in [-0.4, -0.2) is 22.4 Å². The zero-order valence-electron chi connectivity index (χ0n) is 15.1. The Hall–Kier alpha value is -0.900. The predicted molar refractivity (Wildman–Crippen MR) is 97.5 cm³/mol. The second kappa shape index (κ2) is 10.1. The third-order valence-corrected chi connectivity index (χ3v) is 4.62. The molecular weight excluding hydrogens is 286 g/mol. The molecule has 1 atom stereocenters. The molecule has 0 bridgehead atoms. The van der Waals surface area contributed by atoms with Crippen LogP contribution in [0.3, 0.4) is 0 Å². The summed E-state index contributed by atoms with van der Waals surface area (Å²) in [7, 11) is 0. The van der Waals surface area contributed by atoms with Crippen LogP contribution in [0, 0.1) is 0 Å². The van der Waals surface area contributed by atoms with E-state index in [1.165, 1.54) is 11.1 Å². The molecule has 3 heteroatoms. The zero-order chi connectivity index (χ0) is 17.3. The van der Waals surface area contributed by atoms with E-state index in [2.05, 4.69) is 39.0 Å². The minimum absolute atomic E-state index is 0.486. The number of benzene rings is 1. The fraction of sp³-hybridized carbons (Fsp3) is 0.700. The van der Waals surface area contributed by atoms with Crippen molar-refractivity contribution in [3.8, 4) is 0 Å². The van der Waals surface area contributed by atoms with Gasteiger partial charge in [-0.1, -0.05) is 51.8 Å². The molecule has 4 N–H and O–H groups in total. The van der Waals surface area contributed by atoms with Gasteiger partial charge in [0.15, 0.2) is 0 Å². The molecule has 0 heterocycles. The molecular formula is C20H35NO2. The Bertz CT molecular complexity index is 453. The van der Waals surface area contributed by atoms with Crippen LogP contribution in [0.4, 0.5) is 0 Å². The van der Waals surface area contributed by atoms with Gasteiger partial charge in [-0.2, -0.15) is 0 Å². The van der Waals surface area contributed by atoms with E-state index in [0.29, 0.717) is 13.0 Å². The molecule has 0 aliphatic rings. The van der Waals surface area contributed by atoms with Crippen LogP contribution in [0.25, 0.3) is 0 Å². The van der Waals surface area contributed by atoms with Crippen molar-refractivity contribution in [1.82, 2.24) is 0 Å². The van der Waals surface area contributed by atoms with E-state index >= 15 is 0 Å². The number of rotatable bonds is 11. The molecule has 0 fully saturated rings. The van der Waals surface area contributed by atoms with Gasteiger partial charge in [-0.3, -0.25) is 0 Å². The lowest BCUT2D eigenvalue weighted by Gasteiger charge is -2.28. The fourth-order valence-corrected chi connectivity index (χ4v) is 3.34. The van der Waals surface area contributed by atoms with Gasteiger partial charge in [0.25, 0.3) is 0 Å². The predicted octanol–water partition coefficient (Wildman–Crippen LogP) is 3.90. The van der Waals surface area contributed by atoms with Crippen molar-refractivity contribution < 1.29 is 10.2 Å². The lowest BCUT2D eigenvalue weighted by atomic mass is 9.86. The summed E-state index contributed by atoms with van der Waals surface area (Å²) in [4.78, 5) is 0. The summed E-state index contributed by atoms with van der Waals surface area (Å²) in [5.74, 6) is 0. The third-order valence-electron chi connectivity index (χ3n) is 4.62. The highest BCUT2D eigenvalue weighted by Gasteiger charge is 2.24. The Labute approximate surface area is 141 Å². The molecule has 23 heavy (non-hydrogen) atoms. The largest absolute Gasteiger partial charge is 0.390 e. The topological polar surface area (TPSA) is 66.5 Å². The minimum Gasteiger partial charge on any atom is -0.390 e. The van der Waals surface area contributed by atoms with Crippen molar-refractivity contribution in [2.24, 2.45) is 5.73 Å². The van der Waals surface area contributed by atoms with E-state index in [0.717, 1.165) is 50.5 Å². The maximum atomic E-state index is 10.8. The molecule has 0 amide bonds. The molecule has 0 saturated carbocycles. The molecule has 0 spiro atoms. The van der Waals surface area contributed by atoms with Crippen molar-refractivity contribution in [3.63, 3.8) is 0 Å². The molecule has 132 valence electrons. The normalized spacial score (nSPS) is 13.3. The molecule has 0 aliphatic heterocycles. The summed E-state index contributed by atoms with van der Waals surface area (Å²) in [5.41, 5.74) is 8.42. The molecule has 1 aromatic carbocycles. The van der Waals surface area contributed by atoms with Gasteiger partial charge >= 0.3 is 0 Å². The standard InChI is InChI=1S/C20H35NO2/c1-4-9-20(23,10-5-2)11-7-17-13-16(6-3)14-18(15-17)19(22)8-12-21/h13-15,19,22-23H,4-12,21H2,1-3H3. The second-order valence-corrected chi connectivity index (χ2v) is 6.75. The first kappa shape index (κ1) is 20.1. The van der Waals surface area contributed by atoms with Gasteiger partial charge in [-0.15, -0.1) is 0 Å². The molecule has 0 saturated heterocycles. The van der Waals surface area contributed by atoms with Crippen molar-refractivity contribution in [2.45, 2.75) is 83.8 Å². The third kappa shape index (κ3) is 6.62. The van der Waals surface area contributed by atoms with Crippen LogP contribution in [0.15, 0.2) is 18.2 Å². The van der Waals surface area contributed by atoms with E-state index < -0.39 is 11.7 Å². The quantitative estimate of drug-likeness (QED) is 0.579. The van der Waals surface area contributed by atoms with E-state index in [9.17, 15) is 10.2 Å². The smallest absolute Gasteiger partial charge is 0.0802 e. The highest BCUT2D eigenvalue weighted by atomic mass is 16.3. The first-order valence-electron chi connectivity index (χ1n) is 9.21. The lowest BCUT2D eigenvalue weighted by Crippen LogP contribution is -2.29. The minimum atomic E-state index is -0.554. The Morgan fingerprint density at radius 1 is 1.00 bits per heavy atom. The number of hydrogen-bond acceptors (Lipinski definition) is 3. The van der Waals surface area contributed by atoms with Gasteiger partial charge in [0.05, 0.1) is 11.7 Å². The Morgan fingerprint density at radius 2 is 1.61 bits per heavy atom. The van der Waals surface area contributed by atoms with Crippen molar-refractivity contribution in [1.29, 1.82) is 0 Å². The molecule has 0 aliphatic carbocycles. The van der Waals surface area contributed by atoms with Crippen LogP contribution in [0.1, 0.15) is 82.1 Å². The van der Waals surface area contributed by atoms with E-state index in [1.54, 1.807) is 0 Å². The van der Waals surface area contributed by atoms with Gasteiger partial charge in [0.2, 0.25) is 0 Å². The average Bonchev–Trinajstić information content (AvgIpc) is 2.53. The van der Waals surface area contributed by atoms with Gasteiger partial charge in [-0.25, -0.2) is 0 Å². The molecule has 1 rings (SSSR count). The first-order valence-corrected chi connectivity index (χ1v) is 9.21. The first-order chi connectivity index (χ1) is 11.0. The van der Waals surface area contributed by atoms with Crippen molar-refractivity contribution in [2.75, 3.05) is 6.54 Å². The maximum absolute atomic E-state index is 10.8. The average molecular weight is 322 g/mol. The SMILES string of the molecule is CCCC(O)(CCC)CCc1cc(CC)cc(C(O)CCN)c1. The summed E-state index contributed by atoms with van der Waals surface area (Å²) in [6.07, 6.45) is 6.41. The van der Waals surface area contributed by atoms with Gasteiger partial charge in [-0.05, 0) is 61.8 Å². The van der Waals surface area contributed by atoms with Crippen molar-refractivity contribution >= 4 is 0 Å². The van der Waals surface area contributed by atoms with Crippen LogP contribution < -0.4 is 5.73 Å². The van der Waals surface area contributed by atoms with E-state index in [4.69, 9.17) is 5.73 Å². The van der Waals surface area contributed by atoms with Gasteiger partial charge in [0.1, 0.15) is 0 Å². The van der Waals surface area contributed by atoms with Crippen LogP contribution in [0.2, 0.25) is 0 Å². The Balaban J connectivity index is 2.87. The summed E-state index contributed by atoms with van der Waals surface area (Å²) < 4.78 is 0. The number of aliphatic hydroxyl groups is 2. The highest BCUT2D eigenvalue weighted by molar-refractivity contribution is 5.32. The molecule has 3 nitrogen and oxygen atoms in total. The fourth-order valence-electron chi connectivity index (χ4n) is 3.34. The Morgan fingerprint density at radius 3 is 2.13 bits per heavy atom. The molecule has 0 radical (unpaired) electrons. The zero-order valence-corrected chi connectivity index (χ0v) is 15.1. The van der Waals surface area contributed by atoms with Gasteiger partial charge < -0.3 is 15.9 Å². The molecule has 0 aromatic heterocycles. The summed E-state index contributed by atoms with van der Waals surface area (Å²) >= 11 is 0. The summed E-state index contributed by atoms with van der Waals surface area (Å²) in [6.45, 7) is 6.86. The van der Waals surface area contributed by atoms with E-state index in [-0.39, 0.29) is 0 Å². The molecule has 1 aromatic rings. The number of aryl methyl sites for hydroxylation is 2. The van der Waals surface area contributed by atoms with Crippen molar-refractivity contribution in [3.05, 3.63) is 34.9 Å². The van der Waals surface area contributed by atoms with E-state index in [1.807, 2.05) is 0 Å². The van der Waals surface area contributed by atoms with Gasteiger partial charge in [0, 0.05) is 0 Å². The maximum Gasteiger partial charge on any atom is 0.0802 e. The Kier molecular flexibility index (Phi) is 8.82. The summed E-state index contributed by atoms with van der Waals surface area (Å²) in [6, 6.07) is 6.36. The van der Waals surface area contributed by atoms with Crippen LogP contribution in [-0.2, 0) is 12.8 Å². The number of hydrogen-bond donors (Lipinski definition) is 3. The number of nitrogens with two attached hydrogens (primary N) is 1. The second-order valence-electron chi connectivity index (χ2n) is 6.75. The monoisotopic (exact) mass is 321 g/mol. The highest BCUT2D eigenvalue weighted by Crippen LogP contribution is 2.27. The summed E-state index contributed by atoms with van der Waals surface area (Å²) in [5, 5.41) is 21.0. The molecule has 1 unspecified atom stereocenters.